The Morgan fingerprint density at radius 3 is 1.87 bits per heavy atom. The molecule has 0 aliphatic carbocycles. The maximum atomic E-state index is 10.9. The maximum Gasteiger partial charge on any atom is 0.151 e. The number of hydrogen-bond donors (Lipinski definition) is 0. The Hall–Kier alpha value is -0.760. The van der Waals surface area contributed by atoms with Gasteiger partial charge >= 0.3 is 0 Å². The summed E-state index contributed by atoms with van der Waals surface area (Å²) in [4.78, 5) is 12.1. The highest BCUT2D eigenvalue weighted by molar-refractivity contribution is 7.99. The zero-order valence-electron chi connectivity index (χ0n) is 14.9. The fourth-order valence-corrected chi connectivity index (χ4v) is 3.86. The topological polar surface area (TPSA) is 17.1 Å². The predicted octanol–water partition coefficient (Wildman–Crippen LogP) is 7.29. The van der Waals surface area contributed by atoms with Crippen molar-refractivity contribution in [2.45, 2.75) is 88.9 Å². The first-order valence-electron chi connectivity index (χ1n) is 9.55. The summed E-state index contributed by atoms with van der Waals surface area (Å²) in [6, 6.07) is 7.89. The van der Waals surface area contributed by atoms with Crippen LogP contribution in [0, 0.1) is 0 Å². The highest BCUT2D eigenvalue weighted by Crippen LogP contribution is 2.23. The molecule has 1 nitrogen and oxygen atoms in total. The number of benzene rings is 1. The lowest BCUT2D eigenvalue weighted by Crippen LogP contribution is -1.87. The molecule has 0 spiro atoms. The Labute approximate surface area is 147 Å². The molecule has 0 heterocycles. The Morgan fingerprint density at radius 2 is 1.30 bits per heavy atom. The van der Waals surface area contributed by atoms with Gasteiger partial charge < -0.3 is 0 Å². The highest BCUT2D eigenvalue weighted by atomic mass is 32.2. The summed E-state index contributed by atoms with van der Waals surface area (Å²) in [6.07, 6.45) is 17.6. The van der Waals surface area contributed by atoms with Crippen molar-refractivity contribution in [1.82, 2.24) is 0 Å². The minimum absolute atomic E-state index is 0.830. The van der Waals surface area contributed by atoms with E-state index in [2.05, 4.69) is 13.0 Å². The third-order valence-corrected chi connectivity index (χ3v) is 5.48. The second kappa shape index (κ2) is 14.8. The van der Waals surface area contributed by atoms with Crippen LogP contribution in [0.1, 0.15) is 94.3 Å². The van der Waals surface area contributed by atoms with Gasteiger partial charge in [-0.25, -0.2) is 0 Å². The number of thioether (sulfide) groups is 1. The van der Waals surface area contributed by atoms with Gasteiger partial charge in [0.15, 0.2) is 6.29 Å². The predicted molar refractivity (Wildman–Crippen MR) is 104 cm³/mol. The van der Waals surface area contributed by atoms with Gasteiger partial charge in [-0.05, 0) is 18.2 Å². The standard InChI is InChI=1S/C21H34OS/c1-2-3-4-5-6-7-8-9-10-11-12-15-18-23-21-17-14-13-16-20(21)19-22/h13-14,16-17,19H,2-12,15,18H2,1H3. The van der Waals surface area contributed by atoms with Crippen molar-refractivity contribution in [2.24, 2.45) is 0 Å². The first-order chi connectivity index (χ1) is 11.4. The van der Waals surface area contributed by atoms with E-state index in [4.69, 9.17) is 0 Å². The van der Waals surface area contributed by atoms with Gasteiger partial charge in [-0.15, -0.1) is 11.8 Å². The molecule has 0 atom stereocenters. The first-order valence-corrected chi connectivity index (χ1v) is 10.5. The molecule has 0 aromatic heterocycles. The molecule has 0 N–H and O–H groups in total. The summed E-state index contributed by atoms with van der Waals surface area (Å²) in [5.74, 6) is 1.13. The smallest absolute Gasteiger partial charge is 0.151 e. The second-order valence-electron chi connectivity index (χ2n) is 6.39. The summed E-state index contributed by atoms with van der Waals surface area (Å²) in [5, 5.41) is 0. The molecule has 1 aromatic carbocycles. The normalized spacial score (nSPS) is 10.8. The molecule has 0 saturated carbocycles. The lowest BCUT2D eigenvalue weighted by molar-refractivity contribution is 0.112. The van der Waals surface area contributed by atoms with E-state index in [9.17, 15) is 4.79 Å². The zero-order valence-corrected chi connectivity index (χ0v) is 15.7. The monoisotopic (exact) mass is 334 g/mol. The number of aldehydes is 1. The van der Waals surface area contributed by atoms with E-state index in [0.717, 1.165) is 22.5 Å². The van der Waals surface area contributed by atoms with E-state index in [-0.39, 0.29) is 0 Å². The number of rotatable bonds is 15. The van der Waals surface area contributed by atoms with Crippen LogP contribution in [0.15, 0.2) is 29.2 Å². The maximum absolute atomic E-state index is 10.9. The summed E-state index contributed by atoms with van der Waals surface area (Å²) in [6.45, 7) is 2.28. The highest BCUT2D eigenvalue weighted by Gasteiger charge is 2.00. The summed E-state index contributed by atoms with van der Waals surface area (Å²) in [5.41, 5.74) is 0.830. The van der Waals surface area contributed by atoms with E-state index in [1.54, 1.807) is 0 Å². The minimum atomic E-state index is 0.830. The zero-order chi connectivity index (χ0) is 16.6. The first kappa shape index (κ1) is 20.3. The van der Waals surface area contributed by atoms with Gasteiger partial charge in [-0.1, -0.05) is 95.8 Å². The van der Waals surface area contributed by atoms with Crippen LogP contribution >= 0.6 is 11.8 Å². The molecular weight excluding hydrogens is 300 g/mol. The third-order valence-electron chi connectivity index (χ3n) is 4.30. The van der Waals surface area contributed by atoms with E-state index < -0.39 is 0 Å². The molecule has 23 heavy (non-hydrogen) atoms. The molecule has 0 radical (unpaired) electrons. The molecule has 0 fully saturated rings. The SMILES string of the molecule is CCCCCCCCCCCCCCSc1ccccc1C=O. The van der Waals surface area contributed by atoms with Crippen molar-refractivity contribution in [3.05, 3.63) is 29.8 Å². The fourth-order valence-electron chi connectivity index (χ4n) is 2.83. The Morgan fingerprint density at radius 1 is 0.783 bits per heavy atom. The lowest BCUT2D eigenvalue weighted by atomic mass is 10.1. The van der Waals surface area contributed by atoms with Gasteiger partial charge in [-0.2, -0.15) is 0 Å². The Kier molecular flexibility index (Phi) is 13.1. The Bertz CT molecular complexity index is 403. The van der Waals surface area contributed by atoms with Crippen LogP contribution in [-0.2, 0) is 0 Å². The fraction of sp³-hybridized carbons (Fsp3) is 0.667. The third kappa shape index (κ3) is 10.6. The molecule has 1 aromatic rings. The summed E-state index contributed by atoms with van der Waals surface area (Å²) >= 11 is 1.82. The molecule has 2 heteroatoms. The van der Waals surface area contributed by atoms with E-state index >= 15 is 0 Å². The van der Waals surface area contributed by atoms with Gasteiger partial charge in [0.25, 0.3) is 0 Å². The van der Waals surface area contributed by atoms with E-state index in [0.29, 0.717) is 0 Å². The van der Waals surface area contributed by atoms with Crippen LogP contribution in [0.3, 0.4) is 0 Å². The number of carbonyl (C=O) groups excluding carboxylic acids is 1. The average Bonchev–Trinajstić information content (AvgIpc) is 2.59. The molecule has 0 aliphatic heterocycles. The van der Waals surface area contributed by atoms with Crippen molar-refractivity contribution in [3.8, 4) is 0 Å². The van der Waals surface area contributed by atoms with Crippen LogP contribution in [0.2, 0.25) is 0 Å². The Balaban J connectivity index is 1.87. The summed E-state index contributed by atoms with van der Waals surface area (Å²) in [7, 11) is 0. The molecular formula is C21H34OS. The quantitative estimate of drug-likeness (QED) is 0.190. The lowest BCUT2D eigenvalue weighted by Gasteiger charge is -2.05. The van der Waals surface area contributed by atoms with Crippen LogP contribution in [0.25, 0.3) is 0 Å². The van der Waals surface area contributed by atoms with E-state index in [1.165, 1.54) is 77.0 Å². The van der Waals surface area contributed by atoms with Gasteiger partial charge in [0.2, 0.25) is 0 Å². The largest absolute Gasteiger partial charge is 0.298 e. The molecule has 0 amide bonds. The van der Waals surface area contributed by atoms with Gasteiger partial charge in [0.1, 0.15) is 0 Å². The van der Waals surface area contributed by atoms with Gasteiger partial charge in [0.05, 0.1) is 0 Å². The molecule has 1 rings (SSSR count). The summed E-state index contributed by atoms with van der Waals surface area (Å²) < 4.78 is 0. The van der Waals surface area contributed by atoms with Crippen LogP contribution in [0.5, 0.6) is 0 Å². The van der Waals surface area contributed by atoms with Crippen LogP contribution < -0.4 is 0 Å². The van der Waals surface area contributed by atoms with Crippen LogP contribution in [0.4, 0.5) is 0 Å². The minimum Gasteiger partial charge on any atom is -0.298 e. The van der Waals surface area contributed by atoms with Gasteiger partial charge in [0, 0.05) is 10.5 Å². The van der Waals surface area contributed by atoms with Crippen molar-refractivity contribution < 1.29 is 4.79 Å². The molecule has 0 saturated heterocycles. The number of hydrogen-bond acceptors (Lipinski definition) is 2. The van der Waals surface area contributed by atoms with Crippen molar-refractivity contribution >= 4 is 18.0 Å². The van der Waals surface area contributed by atoms with Crippen molar-refractivity contribution in [1.29, 1.82) is 0 Å². The van der Waals surface area contributed by atoms with Crippen molar-refractivity contribution in [3.63, 3.8) is 0 Å². The van der Waals surface area contributed by atoms with Crippen molar-refractivity contribution in [2.75, 3.05) is 5.75 Å². The number of unbranched alkanes of at least 4 members (excludes halogenated alkanes) is 11. The molecule has 0 bridgehead atoms. The van der Waals surface area contributed by atoms with Crippen LogP contribution in [-0.4, -0.2) is 12.0 Å². The average molecular weight is 335 g/mol. The van der Waals surface area contributed by atoms with Gasteiger partial charge in [-0.3, -0.25) is 4.79 Å². The number of carbonyl (C=O) groups is 1. The molecule has 0 unspecified atom stereocenters. The van der Waals surface area contributed by atoms with E-state index in [1.807, 2.05) is 30.0 Å². The second-order valence-corrected chi connectivity index (χ2v) is 7.53. The molecule has 0 aliphatic rings. The molecule has 130 valence electrons.